The predicted octanol–water partition coefficient (Wildman–Crippen LogP) is 3.42. The van der Waals surface area contributed by atoms with Gasteiger partial charge in [-0.3, -0.25) is 0 Å². The minimum atomic E-state index is -0.297. The number of benzene rings is 1. The van der Waals surface area contributed by atoms with Gasteiger partial charge >= 0.3 is 0 Å². The van der Waals surface area contributed by atoms with Crippen LogP contribution in [0.4, 0.5) is 4.39 Å². The monoisotopic (exact) mass is 273 g/mol. The molecule has 0 saturated heterocycles. The van der Waals surface area contributed by atoms with Gasteiger partial charge in [-0.1, -0.05) is 24.6 Å². The van der Waals surface area contributed by atoms with Crippen molar-refractivity contribution in [2.45, 2.75) is 38.8 Å². The highest BCUT2D eigenvalue weighted by molar-refractivity contribution is 6.31. The molecule has 1 aromatic carbocycles. The molecule has 0 aliphatic heterocycles. The summed E-state index contributed by atoms with van der Waals surface area (Å²) >= 11 is 6.05. The van der Waals surface area contributed by atoms with Gasteiger partial charge in [0.1, 0.15) is 5.82 Å². The normalized spacial score (nSPS) is 14.5. The quantitative estimate of drug-likeness (QED) is 0.822. The molecule has 0 heterocycles. The van der Waals surface area contributed by atoms with E-state index in [2.05, 4.69) is 12.2 Å². The van der Waals surface area contributed by atoms with Crippen LogP contribution in [0, 0.1) is 5.82 Å². The van der Waals surface area contributed by atoms with E-state index >= 15 is 0 Å². The number of likely N-dealkylation sites (N-methyl/N-ethyl adjacent to an activating group) is 1. The molecule has 0 radical (unpaired) electrons. The zero-order valence-corrected chi connectivity index (χ0v) is 11.9. The van der Waals surface area contributed by atoms with E-state index in [-0.39, 0.29) is 18.0 Å². The predicted molar refractivity (Wildman–Crippen MR) is 73.7 cm³/mol. The maximum atomic E-state index is 13.0. The van der Waals surface area contributed by atoms with E-state index in [1.807, 2.05) is 6.92 Å². The van der Waals surface area contributed by atoms with Crippen LogP contribution in [0.15, 0.2) is 18.2 Å². The molecule has 0 spiro atoms. The number of rotatable bonds is 7. The van der Waals surface area contributed by atoms with E-state index in [9.17, 15) is 4.39 Å². The second-order valence-electron chi connectivity index (χ2n) is 4.48. The van der Waals surface area contributed by atoms with Gasteiger partial charge in [-0.25, -0.2) is 4.39 Å². The first-order valence-electron chi connectivity index (χ1n) is 6.26. The van der Waals surface area contributed by atoms with Gasteiger partial charge in [-0.05, 0) is 44.0 Å². The first-order valence-corrected chi connectivity index (χ1v) is 6.64. The van der Waals surface area contributed by atoms with Gasteiger partial charge in [0.05, 0.1) is 6.10 Å². The molecule has 2 unspecified atom stereocenters. The number of ether oxygens (including phenoxy) is 1. The van der Waals surface area contributed by atoms with Crippen LogP contribution in [-0.4, -0.2) is 25.8 Å². The molecule has 4 heteroatoms. The maximum absolute atomic E-state index is 13.0. The van der Waals surface area contributed by atoms with Crippen LogP contribution in [0.5, 0.6) is 0 Å². The summed E-state index contributed by atoms with van der Waals surface area (Å²) in [5.74, 6) is -0.297. The Hall–Kier alpha value is -0.640. The lowest BCUT2D eigenvalue weighted by molar-refractivity contribution is 0.101. The smallest absolute Gasteiger partial charge is 0.124 e. The summed E-state index contributed by atoms with van der Waals surface area (Å²) in [7, 11) is 1.71. The van der Waals surface area contributed by atoms with E-state index < -0.39 is 0 Å². The highest BCUT2D eigenvalue weighted by atomic mass is 35.5. The second kappa shape index (κ2) is 7.72. The van der Waals surface area contributed by atoms with Gasteiger partial charge < -0.3 is 10.1 Å². The van der Waals surface area contributed by atoms with Crippen molar-refractivity contribution in [3.05, 3.63) is 34.6 Å². The fourth-order valence-electron chi connectivity index (χ4n) is 1.98. The molecular formula is C14H21ClFNO. The lowest BCUT2D eigenvalue weighted by atomic mass is 10.0. The van der Waals surface area contributed by atoms with Crippen molar-refractivity contribution in [1.82, 2.24) is 5.32 Å². The highest BCUT2D eigenvalue weighted by Gasteiger charge is 2.14. The van der Waals surface area contributed by atoms with Crippen molar-refractivity contribution < 1.29 is 9.13 Å². The van der Waals surface area contributed by atoms with Gasteiger partial charge in [0.15, 0.2) is 0 Å². The Bertz CT molecular complexity index is 373. The van der Waals surface area contributed by atoms with Crippen molar-refractivity contribution in [2.24, 2.45) is 0 Å². The van der Waals surface area contributed by atoms with E-state index in [4.69, 9.17) is 16.3 Å². The minimum absolute atomic E-state index is 0.188. The standard InChI is InChI=1S/C14H21ClFNO/c1-4-17-13(7-10(2)18-3)8-11-5-6-12(16)9-14(11)15/h5-6,9-10,13,17H,4,7-8H2,1-3H3. The summed E-state index contributed by atoms with van der Waals surface area (Å²) in [6, 6.07) is 4.84. The Balaban J connectivity index is 2.69. The molecule has 0 amide bonds. The molecule has 0 aliphatic rings. The minimum Gasteiger partial charge on any atom is -0.382 e. The van der Waals surface area contributed by atoms with Gasteiger partial charge in [-0.2, -0.15) is 0 Å². The van der Waals surface area contributed by atoms with Gasteiger partial charge in [0.2, 0.25) is 0 Å². The third-order valence-corrected chi connectivity index (χ3v) is 3.34. The van der Waals surface area contributed by atoms with Crippen LogP contribution in [0.25, 0.3) is 0 Å². The summed E-state index contributed by atoms with van der Waals surface area (Å²) in [6.45, 7) is 4.99. The van der Waals surface area contributed by atoms with Gasteiger partial charge in [-0.15, -0.1) is 0 Å². The molecule has 1 aromatic rings. The average Bonchev–Trinajstić information content (AvgIpc) is 2.32. The van der Waals surface area contributed by atoms with E-state index in [0.717, 1.165) is 24.9 Å². The third kappa shape index (κ3) is 4.92. The fraction of sp³-hybridized carbons (Fsp3) is 0.571. The molecular weight excluding hydrogens is 253 g/mol. The highest BCUT2D eigenvalue weighted by Crippen LogP contribution is 2.20. The molecule has 18 heavy (non-hydrogen) atoms. The number of halogens is 2. The molecule has 1 rings (SSSR count). The Labute approximate surface area is 113 Å². The lowest BCUT2D eigenvalue weighted by Crippen LogP contribution is -2.34. The Morgan fingerprint density at radius 2 is 2.17 bits per heavy atom. The summed E-state index contributed by atoms with van der Waals surface area (Å²) in [5, 5.41) is 3.89. The summed E-state index contributed by atoms with van der Waals surface area (Å²) in [6.07, 6.45) is 1.87. The van der Waals surface area contributed by atoms with Crippen LogP contribution in [0.3, 0.4) is 0 Å². The van der Waals surface area contributed by atoms with Crippen molar-refractivity contribution in [3.8, 4) is 0 Å². The first kappa shape index (κ1) is 15.4. The largest absolute Gasteiger partial charge is 0.382 e. The van der Waals surface area contributed by atoms with Crippen molar-refractivity contribution in [1.29, 1.82) is 0 Å². The molecule has 2 atom stereocenters. The molecule has 1 N–H and O–H groups in total. The maximum Gasteiger partial charge on any atom is 0.124 e. The zero-order chi connectivity index (χ0) is 13.5. The molecule has 2 nitrogen and oxygen atoms in total. The number of hydrogen-bond acceptors (Lipinski definition) is 2. The third-order valence-electron chi connectivity index (χ3n) is 2.99. The van der Waals surface area contributed by atoms with E-state index in [0.29, 0.717) is 5.02 Å². The summed E-state index contributed by atoms with van der Waals surface area (Å²) < 4.78 is 18.3. The average molecular weight is 274 g/mol. The number of hydrogen-bond donors (Lipinski definition) is 1. The van der Waals surface area contributed by atoms with Crippen LogP contribution in [0.2, 0.25) is 5.02 Å². The van der Waals surface area contributed by atoms with Crippen LogP contribution in [0.1, 0.15) is 25.8 Å². The molecule has 0 saturated carbocycles. The molecule has 0 bridgehead atoms. The Kier molecular flexibility index (Phi) is 6.61. The number of methoxy groups -OCH3 is 1. The van der Waals surface area contributed by atoms with E-state index in [1.165, 1.54) is 12.1 Å². The second-order valence-corrected chi connectivity index (χ2v) is 4.88. The lowest BCUT2D eigenvalue weighted by Gasteiger charge is -2.21. The summed E-state index contributed by atoms with van der Waals surface area (Å²) in [5.41, 5.74) is 0.965. The van der Waals surface area contributed by atoms with Gasteiger partial charge in [0.25, 0.3) is 0 Å². The topological polar surface area (TPSA) is 21.3 Å². The van der Waals surface area contributed by atoms with Crippen molar-refractivity contribution >= 4 is 11.6 Å². The van der Waals surface area contributed by atoms with Gasteiger partial charge in [0, 0.05) is 18.2 Å². The molecule has 0 aromatic heterocycles. The number of nitrogens with one attached hydrogen (secondary N) is 1. The SMILES string of the molecule is CCNC(Cc1ccc(F)cc1Cl)CC(C)OC. The van der Waals surface area contributed by atoms with Crippen LogP contribution >= 0.6 is 11.6 Å². The molecule has 0 fully saturated rings. The summed E-state index contributed by atoms with van der Waals surface area (Å²) in [4.78, 5) is 0. The molecule has 0 aliphatic carbocycles. The van der Waals surface area contributed by atoms with Crippen molar-refractivity contribution in [3.63, 3.8) is 0 Å². The fourth-order valence-corrected chi connectivity index (χ4v) is 2.22. The molecule has 102 valence electrons. The Morgan fingerprint density at radius 1 is 1.44 bits per heavy atom. The van der Waals surface area contributed by atoms with E-state index in [1.54, 1.807) is 13.2 Å². The van der Waals surface area contributed by atoms with Crippen molar-refractivity contribution in [2.75, 3.05) is 13.7 Å². The Morgan fingerprint density at radius 3 is 2.72 bits per heavy atom. The van der Waals surface area contributed by atoms with Crippen LogP contribution < -0.4 is 5.32 Å². The van der Waals surface area contributed by atoms with Crippen LogP contribution in [-0.2, 0) is 11.2 Å². The zero-order valence-electron chi connectivity index (χ0n) is 11.2. The first-order chi connectivity index (χ1) is 8.56.